The van der Waals surface area contributed by atoms with E-state index in [1.54, 1.807) is 0 Å². The van der Waals surface area contributed by atoms with Gasteiger partial charge in [0.05, 0.1) is 0 Å². The molecule has 0 spiro atoms. The quantitative estimate of drug-likeness (QED) is 0.558. The van der Waals surface area contributed by atoms with E-state index in [0.717, 1.165) is 18.9 Å². The molecule has 1 aliphatic rings. The number of amides is 1. The standard InChI is InChI=1S/C7H13NO/c1-7(2)3-6(7)4-8-5-9/h5-6H,3-4H2,1-2H3,(H,8,9). The third-order valence-corrected chi connectivity index (χ3v) is 2.17. The molecule has 1 rings (SSSR count). The van der Waals surface area contributed by atoms with Gasteiger partial charge in [-0.05, 0) is 17.8 Å². The highest BCUT2D eigenvalue weighted by molar-refractivity contribution is 5.46. The fourth-order valence-corrected chi connectivity index (χ4v) is 1.11. The summed E-state index contributed by atoms with van der Waals surface area (Å²) in [4.78, 5) is 9.84. The molecular weight excluding hydrogens is 114 g/mol. The van der Waals surface area contributed by atoms with Crippen molar-refractivity contribution >= 4 is 6.41 Å². The Bertz CT molecular complexity index is 120. The Kier molecular flexibility index (Phi) is 1.47. The Morgan fingerprint density at radius 3 is 2.67 bits per heavy atom. The van der Waals surface area contributed by atoms with E-state index in [2.05, 4.69) is 19.2 Å². The number of carbonyl (C=O) groups is 1. The van der Waals surface area contributed by atoms with Gasteiger partial charge >= 0.3 is 0 Å². The van der Waals surface area contributed by atoms with Crippen molar-refractivity contribution in [1.29, 1.82) is 0 Å². The van der Waals surface area contributed by atoms with Crippen LogP contribution < -0.4 is 5.32 Å². The summed E-state index contributed by atoms with van der Waals surface area (Å²) in [6.45, 7) is 5.31. The summed E-state index contributed by atoms with van der Waals surface area (Å²) >= 11 is 0. The summed E-state index contributed by atoms with van der Waals surface area (Å²) in [5, 5.41) is 2.69. The first kappa shape index (κ1) is 6.59. The smallest absolute Gasteiger partial charge is 0.207 e. The fraction of sp³-hybridized carbons (Fsp3) is 0.857. The van der Waals surface area contributed by atoms with Crippen molar-refractivity contribution in [1.82, 2.24) is 5.32 Å². The van der Waals surface area contributed by atoms with Crippen LogP contribution >= 0.6 is 0 Å². The van der Waals surface area contributed by atoms with E-state index in [1.165, 1.54) is 6.42 Å². The number of carbonyl (C=O) groups excluding carboxylic acids is 1. The minimum atomic E-state index is 0.496. The lowest BCUT2D eigenvalue weighted by Crippen LogP contribution is -2.15. The maximum absolute atomic E-state index is 9.84. The van der Waals surface area contributed by atoms with Gasteiger partial charge in [-0.15, -0.1) is 0 Å². The normalized spacial score (nSPS) is 29.3. The van der Waals surface area contributed by atoms with Gasteiger partial charge in [0.25, 0.3) is 0 Å². The second kappa shape index (κ2) is 2.01. The lowest BCUT2D eigenvalue weighted by Gasteiger charge is -1.99. The Morgan fingerprint density at radius 1 is 1.78 bits per heavy atom. The van der Waals surface area contributed by atoms with Crippen molar-refractivity contribution in [2.24, 2.45) is 11.3 Å². The van der Waals surface area contributed by atoms with Crippen LogP contribution in [0.15, 0.2) is 0 Å². The summed E-state index contributed by atoms with van der Waals surface area (Å²) in [5.74, 6) is 0.725. The van der Waals surface area contributed by atoms with Gasteiger partial charge in [-0.25, -0.2) is 0 Å². The van der Waals surface area contributed by atoms with Gasteiger partial charge in [0.1, 0.15) is 0 Å². The zero-order valence-corrected chi connectivity index (χ0v) is 5.98. The molecule has 1 fully saturated rings. The molecule has 0 radical (unpaired) electrons. The van der Waals surface area contributed by atoms with Crippen LogP contribution in [0.1, 0.15) is 20.3 Å². The molecule has 1 atom stereocenters. The van der Waals surface area contributed by atoms with Gasteiger partial charge in [-0.2, -0.15) is 0 Å². The van der Waals surface area contributed by atoms with E-state index < -0.39 is 0 Å². The molecule has 1 unspecified atom stereocenters. The van der Waals surface area contributed by atoms with Crippen molar-refractivity contribution in [3.8, 4) is 0 Å². The monoisotopic (exact) mass is 127 g/mol. The van der Waals surface area contributed by atoms with Crippen LogP contribution in [0.2, 0.25) is 0 Å². The predicted molar refractivity (Wildman–Crippen MR) is 36.0 cm³/mol. The van der Waals surface area contributed by atoms with Gasteiger partial charge in [0.15, 0.2) is 0 Å². The van der Waals surface area contributed by atoms with Crippen LogP contribution in [-0.4, -0.2) is 13.0 Å². The molecule has 1 amide bonds. The van der Waals surface area contributed by atoms with Crippen LogP contribution in [0.3, 0.4) is 0 Å². The first-order valence-electron chi connectivity index (χ1n) is 3.34. The molecule has 0 aromatic rings. The molecule has 0 aliphatic heterocycles. The second-order valence-corrected chi connectivity index (χ2v) is 3.42. The van der Waals surface area contributed by atoms with Crippen LogP contribution in [-0.2, 0) is 4.79 Å². The van der Waals surface area contributed by atoms with Crippen LogP contribution in [0, 0.1) is 11.3 Å². The van der Waals surface area contributed by atoms with E-state index >= 15 is 0 Å². The van der Waals surface area contributed by atoms with Gasteiger partial charge in [0.2, 0.25) is 6.41 Å². The molecule has 1 saturated carbocycles. The second-order valence-electron chi connectivity index (χ2n) is 3.42. The Hall–Kier alpha value is -0.530. The number of nitrogens with one attached hydrogen (secondary N) is 1. The third kappa shape index (κ3) is 1.44. The Labute approximate surface area is 55.6 Å². The fourth-order valence-electron chi connectivity index (χ4n) is 1.11. The molecule has 1 aliphatic carbocycles. The van der Waals surface area contributed by atoms with Crippen molar-refractivity contribution < 1.29 is 4.79 Å². The highest BCUT2D eigenvalue weighted by Gasteiger charge is 2.44. The van der Waals surface area contributed by atoms with E-state index in [9.17, 15) is 4.79 Å². The largest absolute Gasteiger partial charge is 0.358 e. The van der Waals surface area contributed by atoms with Crippen LogP contribution in [0.25, 0.3) is 0 Å². The Morgan fingerprint density at radius 2 is 2.33 bits per heavy atom. The molecule has 2 heteroatoms. The number of hydrogen-bond donors (Lipinski definition) is 1. The average molecular weight is 127 g/mol. The van der Waals surface area contributed by atoms with Gasteiger partial charge in [0, 0.05) is 6.54 Å². The molecule has 2 nitrogen and oxygen atoms in total. The molecular formula is C7H13NO. The first-order valence-corrected chi connectivity index (χ1v) is 3.34. The molecule has 1 N–H and O–H groups in total. The maximum atomic E-state index is 9.84. The molecule has 0 bridgehead atoms. The highest BCUT2D eigenvalue weighted by Crippen LogP contribution is 2.50. The van der Waals surface area contributed by atoms with Gasteiger partial charge in [-0.3, -0.25) is 4.79 Å². The van der Waals surface area contributed by atoms with E-state index in [4.69, 9.17) is 0 Å². The molecule has 0 heterocycles. The molecule has 52 valence electrons. The van der Waals surface area contributed by atoms with Crippen molar-refractivity contribution in [3.05, 3.63) is 0 Å². The van der Waals surface area contributed by atoms with Crippen molar-refractivity contribution in [2.75, 3.05) is 6.54 Å². The third-order valence-electron chi connectivity index (χ3n) is 2.17. The topological polar surface area (TPSA) is 29.1 Å². The lowest BCUT2D eigenvalue weighted by molar-refractivity contribution is -0.109. The van der Waals surface area contributed by atoms with E-state index in [1.807, 2.05) is 0 Å². The SMILES string of the molecule is CC1(C)CC1CNC=O. The van der Waals surface area contributed by atoms with E-state index in [-0.39, 0.29) is 0 Å². The summed E-state index contributed by atoms with van der Waals surface area (Å²) in [5.41, 5.74) is 0.496. The maximum Gasteiger partial charge on any atom is 0.207 e. The average Bonchev–Trinajstić information content (AvgIpc) is 2.35. The number of rotatable bonds is 3. The first-order chi connectivity index (χ1) is 4.17. The predicted octanol–water partition coefficient (Wildman–Crippen LogP) is 0.778. The highest BCUT2D eigenvalue weighted by atomic mass is 16.1. The van der Waals surface area contributed by atoms with Gasteiger partial charge < -0.3 is 5.32 Å². The van der Waals surface area contributed by atoms with Crippen molar-refractivity contribution in [2.45, 2.75) is 20.3 Å². The zero-order valence-electron chi connectivity index (χ0n) is 5.98. The number of hydrogen-bond acceptors (Lipinski definition) is 1. The minimum Gasteiger partial charge on any atom is -0.358 e. The summed E-state index contributed by atoms with van der Waals surface area (Å²) in [7, 11) is 0. The van der Waals surface area contributed by atoms with Gasteiger partial charge in [-0.1, -0.05) is 13.8 Å². The van der Waals surface area contributed by atoms with Crippen molar-refractivity contribution in [3.63, 3.8) is 0 Å². The molecule has 0 saturated heterocycles. The Balaban J connectivity index is 2.12. The molecule has 0 aromatic carbocycles. The summed E-state index contributed by atoms with van der Waals surface area (Å²) < 4.78 is 0. The zero-order chi connectivity index (χ0) is 6.91. The van der Waals surface area contributed by atoms with E-state index in [0.29, 0.717) is 5.41 Å². The lowest BCUT2D eigenvalue weighted by atomic mass is 10.1. The van der Waals surface area contributed by atoms with Crippen LogP contribution in [0.4, 0.5) is 0 Å². The summed E-state index contributed by atoms with van der Waals surface area (Å²) in [6.07, 6.45) is 2.03. The molecule has 0 aromatic heterocycles. The minimum absolute atomic E-state index is 0.496. The summed E-state index contributed by atoms with van der Waals surface area (Å²) in [6, 6.07) is 0. The molecule has 9 heavy (non-hydrogen) atoms. The van der Waals surface area contributed by atoms with Crippen LogP contribution in [0.5, 0.6) is 0 Å².